The van der Waals surface area contributed by atoms with E-state index in [0.29, 0.717) is 18.9 Å². The van der Waals surface area contributed by atoms with E-state index in [0.717, 1.165) is 23.3 Å². The lowest BCUT2D eigenvalue weighted by Crippen LogP contribution is -2.26. The lowest BCUT2D eigenvalue weighted by Gasteiger charge is -2.17. The van der Waals surface area contributed by atoms with E-state index in [9.17, 15) is 4.79 Å². The Morgan fingerprint density at radius 3 is 3.00 bits per heavy atom. The lowest BCUT2D eigenvalue weighted by molar-refractivity contribution is -0.130. The van der Waals surface area contributed by atoms with E-state index in [1.54, 1.807) is 11.3 Å². The summed E-state index contributed by atoms with van der Waals surface area (Å²) in [6, 6.07) is 2.08. The van der Waals surface area contributed by atoms with Gasteiger partial charge in [0.2, 0.25) is 5.91 Å². The van der Waals surface area contributed by atoms with E-state index >= 15 is 0 Å². The minimum absolute atomic E-state index is 0. The molecular formula is C13H20BrClN2OS. The number of thiophene rings is 1. The molecule has 1 aliphatic rings. The first-order chi connectivity index (χ1) is 8.65. The van der Waals surface area contributed by atoms with E-state index in [4.69, 9.17) is 0 Å². The van der Waals surface area contributed by atoms with Crippen molar-refractivity contribution in [1.29, 1.82) is 0 Å². The molecule has 19 heavy (non-hydrogen) atoms. The molecule has 2 rings (SSSR count). The van der Waals surface area contributed by atoms with E-state index in [1.807, 2.05) is 11.9 Å². The van der Waals surface area contributed by atoms with Crippen LogP contribution in [0.4, 0.5) is 0 Å². The molecule has 1 atom stereocenters. The van der Waals surface area contributed by atoms with Gasteiger partial charge in [-0.3, -0.25) is 4.79 Å². The maximum atomic E-state index is 12.0. The van der Waals surface area contributed by atoms with Crippen LogP contribution in [0.2, 0.25) is 0 Å². The molecule has 1 aliphatic heterocycles. The molecule has 1 fully saturated rings. The monoisotopic (exact) mass is 366 g/mol. The first kappa shape index (κ1) is 17.0. The Bertz CT molecular complexity index is 407. The first-order valence-corrected chi connectivity index (χ1v) is 8.00. The summed E-state index contributed by atoms with van der Waals surface area (Å²) < 4.78 is 1.12. The molecule has 0 aromatic carbocycles. The van der Waals surface area contributed by atoms with Gasteiger partial charge in [-0.2, -0.15) is 0 Å². The van der Waals surface area contributed by atoms with Crippen molar-refractivity contribution < 1.29 is 4.79 Å². The highest BCUT2D eigenvalue weighted by molar-refractivity contribution is 9.11. The fourth-order valence-electron chi connectivity index (χ4n) is 2.27. The maximum absolute atomic E-state index is 12.0. The average molecular weight is 368 g/mol. The highest BCUT2D eigenvalue weighted by atomic mass is 79.9. The third kappa shape index (κ3) is 5.42. The summed E-state index contributed by atoms with van der Waals surface area (Å²) in [7, 11) is 1.89. The molecule has 0 saturated carbocycles. The van der Waals surface area contributed by atoms with Crippen LogP contribution < -0.4 is 5.32 Å². The van der Waals surface area contributed by atoms with E-state index in [2.05, 4.69) is 32.7 Å². The van der Waals surface area contributed by atoms with E-state index in [1.165, 1.54) is 12.0 Å². The second-order valence-corrected chi connectivity index (χ2v) is 7.20. The molecule has 2 heterocycles. The van der Waals surface area contributed by atoms with Crippen LogP contribution in [0.15, 0.2) is 15.2 Å². The Morgan fingerprint density at radius 1 is 1.63 bits per heavy atom. The van der Waals surface area contributed by atoms with Crippen molar-refractivity contribution in [3.8, 4) is 0 Å². The van der Waals surface area contributed by atoms with Crippen molar-refractivity contribution in [2.24, 2.45) is 5.92 Å². The number of rotatable bonds is 5. The third-order valence-electron chi connectivity index (χ3n) is 3.40. The van der Waals surface area contributed by atoms with Gasteiger partial charge in [-0.25, -0.2) is 0 Å². The second-order valence-electron chi connectivity index (χ2n) is 4.91. The summed E-state index contributed by atoms with van der Waals surface area (Å²) in [5.74, 6) is 0.946. The van der Waals surface area contributed by atoms with Crippen molar-refractivity contribution in [3.63, 3.8) is 0 Å². The van der Waals surface area contributed by atoms with Crippen LogP contribution in [0.3, 0.4) is 0 Å². The summed E-state index contributed by atoms with van der Waals surface area (Å²) in [5, 5.41) is 5.43. The van der Waals surface area contributed by atoms with Gasteiger partial charge in [0, 0.05) is 20.0 Å². The minimum atomic E-state index is 0. The summed E-state index contributed by atoms with van der Waals surface area (Å²) in [5.41, 5.74) is 1.20. The minimum Gasteiger partial charge on any atom is -0.341 e. The van der Waals surface area contributed by atoms with Crippen LogP contribution in [0.5, 0.6) is 0 Å². The van der Waals surface area contributed by atoms with Crippen LogP contribution in [0, 0.1) is 5.92 Å². The van der Waals surface area contributed by atoms with Gasteiger partial charge in [-0.15, -0.1) is 23.7 Å². The number of halogens is 2. The molecule has 0 radical (unpaired) electrons. The molecule has 1 aromatic heterocycles. The number of nitrogens with one attached hydrogen (secondary N) is 1. The van der Waals surface area contributed by atoms with Gasteiger partial charge in [0.05, 0.1) is 3.79 Å². The van der Waals surface area contributed by atoms with Gasteiger partial charge >= 0.3 is 0 Å². The van der Waals surface area contributed by atoms with Gasteiger partial charge in [-0.1, -0.05) is 0 Å². The average Bonchev–Trinajstić information content (AvgIpc) is 2.97. The summed E-state index contributed by atoms with van der Waals surface area (Å²) in [6.07, 6.45) is 2.91. The molecule has 3 nitrogen and oxygen atoms in total. The number of nitrogens with zero attached hydrogens (tertiary/aromatic N) is 1. The van der Waals surface area contributed by atoms with Gasteiger partial charge in [-0.05, 0) is 64.8 Å². The molecule has 1 amide bonds. The molecule has 1 aromatic rings. The van der Waals surface area contributed by atoms with Crippen LogP contribution in [-0.4, -0.2) is 30.9 Å². The standard InChI is InChI=1S/C13H19BrN2OS.ClH/c1-16(8-11-6-12(14)18-9-11)13(17)3-2-10-4-5-15-7-10;/h6,9-10,15H,2-5,7-8H2,1H3;1H. The summed E-state index contributed by atoms with van der Waals surface area (Å²) in [6.45, 7) is 2.90. The Morgan fingerprint density at radius 2 is 2.42 bits per heavy atom. The highest BCUT2D eigenvalue weighted by Crippen LogP contribution is 2.22. The summed E-state index contributed by atoms with van der Waals surface area (Å²) >= 11 is 5.10. The fraction of sp³-hybridized carbons (Fsp3) is 0.615. The predicted molar refractivity (Wildman–Crippen MR) is 86.0 cm³/mol. The van der Waals surface area contributed by atoms with Crippen LogP contribution in [0.25, 0.3) is 0 Å². The van der Waals surface area contributed by atoms with Crippen molar-refractivity contribution in [2.45, 2.75) is 25.8 Å². The Labute approximate surface area is 133 Å². The molecule has 0 spiro atoms. The zero-order chi connectivity index (χ0) is 13.0. The zero-order valence-corrected chi connectivity index (χ0v) is 14.2. The number of hydrogen-bond donors (Lipinski definition) is 1. The summed E-state index contributed by atoms with van der Waals surface area (Å²) in [4.78, 5) is 13.8. The van der Waals surface area contributed by atoms with Gasteiger partial charge < -0.3 is 10.2 Å². The molecular weight excluding hydrogens is 348 g/mol. The molecule has 6 heteroatoms. The number of carbonyl (C=O) groups is 1. The van der Waals surface area contributed by atoms with E-state index in [-0.39, 0.29) is 18.3 Å². The normalized spacial score (nSPS) is 18.1. The lowest BCUT2D eigenvalue weighted by atomic mass is 10.0. The van der Waals surface area contributed by atoms with Gasteiger partial charge in [0.1, 0.15) is 0 Å². The molecule has 1 saturated heterocycles. The van der Waals surface area contributed by atoms with Crippen molar-refractivity contribution >= 4 is 45.6 Å². The van der Waals surface area contributed by atoms with Crippen molar-refractivity contribution in [1.82, 2.24) is 10.2 Å². The Balaban J connectivity index is 0.00000180. The largest absolute Gasteiger partial charge is 0.341 e. The Hall–Kier alpha value is -0.100. The van der Waals surface area contributed by atoms with Crippen LogP contribution in [0.1, 0.15) is 24.8 Å². The molecule has 108 valence electrons. The number of amides is 1. The zero-order valence-electron chi connectivity index (χ0n) is 11.0. The first-order valence-electron chi connectivity index (χ1n) is 6.32. The molecule has 0 bridgehead atoms. The second kappa shape index (κ2) is 8.25. The Kier molecular flexibility index (Phi) is 7.36. The van der Waals surface area contributed by atoms with E-state index < -0.39 is 0 Å². The van der Waals surface area contributed by atoms with Crippen molar-refractivity contribution in [2.75, 3.05) is 20.1 Å². The van der Waals surface area contributed by atoms with Crippen LogP contribution >= 0.6 is 39.7 Å². The topological polar surface area (TPSA) is 32.3 Å². The highest BCUT2D eigenvalue weighted by Gasteiger charge is 2.17. The van der Waals surface area contributed by atoms with Crippen LogP contribution in [-0.2, 0) is 11.3 Å². The van der Waals surface area contributed by atoms with Crippen molar-refractivity contribution in [3.05, 3.63) is 20.8 Å². The third-order valence-corrected chi connectivity index (χ3v) is 4.95. The quantitative estimate of drug-likeness (QED) is 0.866. The molecule has 0 aliphatic carbocycles. The number of hydrogen-bond acceptors (Lipinski definition) is 3. The predicted octanol–water partition coefficient (Wildman–Crippen LogP) is 3.28. The van der Waals surface area contributed by atoms with Gasteiger partial charge in [0.15, 0.2) is 0 Å². The number of carbonyl (C=O) groups excluding carboxylic acids is 1. The maximum Gasteiger partial charge on any atom is 0.222 e. The van der Waals surface area contributed by atoms with Gasteiger partial charge in [0.25, 0.3) is 0 Å². The smallest absolute Gasteiger partial charge is 0.222 e. The SMILES string of the molecule is CN(Cc1csc(Br)c1)C(=O)CCC1CCNC1.Cl. The fourth-order valence-corrected chi connectivity index (χ4v) is 3.47. The molecule has 1 N–H and O–H groups in total. The molecule has 1 unspecified atom stereocenters.